The molecule has 1 heterocycles. The number of halogens is 1. The highest BCUT2D eigenvalue weighted by molar-refractivity contribution is 5.85. The van der Waals surface area contributed by atoms with Gasteiger partial charge in [-0.25, -0.2) is 4.39 Å². The first-order valence-corrected chi connectivity index (χ1v) is 5.19. The monoisotopic (exact) mass is 206 g/mol. The summed E-state index contributed by atoms with van der Waals surface area (Å²) in [6.07, 6.45) is 1.84. The molecule has 2 nitrogen and oxygen atoms in total. The van der Waals surface area contributed by atoms with Crippen LogP contribution in [0.1, 0.15) is 17.7 Å². The zero-order chi connectivity index (χ0) is 10.8. The lowest BCUT2D eigenvalue weighted by Gasteiger charge is -1.99. The van der Waals surface area contributed by atoms with Gasteiger partial charge in [0.25, 0.3) is 0 Å². The molecular formula is C12H15FN2. The summed E-state index contributed by atoms with van der Waals surface area (Å²) in [7, 11) is 0. The molecule has 1 aromatic carbocycles. The summed E-state index contributed by atoms with van der Waals surface area (Å²) in [6.45, 7) is 2.65. The van der Waals surface area contributed by atoms with E-state index in [9.17, 15) is 4.39 Å². The summed E-state index contributed by atoms with van der Waals surface area (Å²) in [5, 5.41) is 0.987. The van der Waals surface area contributed by atoms with Gasteiger partial charge in [-0.3, -0.25) is 0 Å². The minimum absolute atomic E-state index is 0.186. The number of para-hydroxylation sites is 1. The van der Waals surface area contributed by atoms with Crippen molar-refractivity contribution in [2.24, 2.45) is 5.73 Å². The van der Waals surface area contributed by atoms with Gasteiger partial charge in [-0.15, -0.1) is 0 Å². The molecule has 0 aliphatic heterocycles. The van der Waals surface area contributed by atoms with Crippen LogP contribution < -0.4 is 5.73 Å². The zero-order valence-corrected chi connectivity index (χ0v) is 8.81. The number of aromatic nitrogens is 1. The Balaban J connectivity index is 2.53. The van der Waals surface area contributed by atoms with Gasteiger partial charge in [-0.2, -0.15) is 0 Å². The number of hydrogen-bond acceptors (Lipinski definition) is 1. The molecule has 2 aromatic rings. The smallest absolute Gasteiger partial charge is 0.147 e. The van der Waals surface area contributed by atoms with Gasteiger partial charge in [0.1, 0.15) is 5.82 Å². The van der Waals surface area contributed by atoms with E-state index in [1.165, 1.54) is 11.6 Å². The second kappa shape index (κ2) is 4.03. The Kier molecular flexibility index (Phi) is 2.73. The molecule has 0 atom stereocenters. The Labute approximate surface area is 88.3 Å². The molecule has 0 aliphatic rings. The first-order valence-electron chi connectivity index (χ1n) is 5.19. The molecule has 0 spiro atoms. The number of rotatable bonds is 3. The van der Waals surface area contributed by atoms with Gasteiger partial charge >= 0.3 is 0 Å². The van der Waals surface area contributed by atoms with Crippen LogP contribution in [0, 0.1) is 12.7 Å². The summed E-state index contributed by atoms with van der Waals surface area (Å²) in [5.41, 5.74) is 8.33. The number of aryl methyl sites for hydroxylation is 2. The SMILES string of the molecule is Cc1[nH]c2c(F)cccc2c1CCCN. The Morgan fingerprint density at radius 1 is 1.40 bits per heavy atom. The van der Waals surface area contributed by atoms with Crippen LogP contribution in [0.4, 0.5) is 4.39 Å². The number of nitrogens with one attached hydrogen (secondary N) is 1. The van der Waals surface area contributed by atoms with E-state index in [-0.39, 0.29) is 5.82 Å². The van der Waals surface area contributed by atoms with E-state index in [1.807, 2.05) is 13.0 Å². The number of fused-ring (bicyclic) bond motifs is 1. The molecule has 0 bridgehead atoms. The molecule has 0 aliphatic carbocycles. The van der Waals surface area contributed by atoms with E-state index in [4.69, 9.17) is 5.73 Å². The Morgan fingerprint density at radius 3 is 2.93 bits per heavy atom. The van der Waals surface area contributed by atoms with Gasteiger partial charge < -0.3 is 10.7 Å². The second-order valence-corrected chi connectivity index (χ2v) is 3.78. The van der Waals surface area contributed by atoms with E-state index in [0.717, 1.165) is 23.9 Å². The number of H-pyrrole nitrogens is 1. The van der Waals surface area contributed by atoms with Gasteiger partial charge in [0.05, 0.1) is 5.52 Å². The summed E-state index contributed by atoms with van der Waals surface area (Å²) in [5.74, 6) is -0.186. The molecule has 0 radical (unpaired) electrons. The molecule has 2 rings (SSSR count). The first kappa shape index (κ1) is 10.2. The van der Waals surface area contributed by atoms with Crippen molar-refractivity contribution in [3.8, 4) is 0 Å². The van der Waals surface area contributed by atoms with Gasteiger partial charge in [0.15, 0.2) is 0 Å². The van der Waals surface area contributed by atoms with Crippen molar-refractivity contribution < 1.29 is 4.39 Å². The van der Waals surface area contributed by atoms with E-state index < -0.39 is 0 Å². The predicted molar refractivity (Wildman–Crippen MR) is 60.4 cm³/mol. The maximum atomic E-state index is 13.4. The minimum atomic E-state index is -0.186. The molecular weight excluding hydrogens is 191 g/mol. The Bertz CT molecular complexity index is 474. The van der Waals surface area contributed by atoms with Gasteiger partial charge in [0, 0.05) is 11.1 Å². The highest BCUT2D eigenvalue weighted by Crippen LogP contribution is 2.24. The van der Waals surface area contributed by atoms with Crippen molar-refractivity contribution in [1.82, 2.24) is 4.98 Å². The topological polar surface area (TPSA) is 41.8 Å². The highest BCUT2D eigenvalue weighted by atomic mass is 19.1. The third kappa shape index (κ3) is 1.75. The molecule has 0 fully saturated rings. The number of aromatic amines is 1. The lowest BCUT2D eigenvalue weighted by Crippen LogP contribution is -2.00. The lowest BCUT2D eigenvalue weighted by molar-refractivity contribution is 0.637. The van der Waals surface area contributed by atoms with Crippen LogP contribution in [0.15, 0.2) is 18.2 Å². The van der Waals surface area contributed by atoms with Crippen LogP contribution >= 0.6 is 0 Å². The standard InChI is InChI=1S/C12H15FN2/c1-8-9(5-3-7-14)10-4-2-6-11(13)12(10)15-8/h2,4,6,15H,3,5,7,14H2,1H3. The van der Waals surface area contributed by atoms with Crippen molar-refractivity contribution in [3.05, 3.63) is 35.3 Å². The molecule has 1 aromatic heterocycles. The molecule has 15 heavy (non-hydrogen) atoms. The lowest BCUT2D eigenvalue weighted by atomic mass is 10.1. The van der Waals surface area contributed by atoms with Crippen molar-refractivity contribution in [2.75, 3.05) is 6.54 Å². The molecule has 3 N–H and O–H groups in total. The van der Waals surface area contributed by atoms with Gasteiger partial charge in [0.2, 0.25) is 0 Å². The molecule has 80 valence electrons. The summed E-state index contributed by atoms with van der Waals surface area (Å²) >= 11 is 0. The fraction of sp³-hybridized carbons (Fsp3) is 0.333. The number of hydrogen-bond donors (Lipinski definition) is 2. The average molecular weight is 206 g/mol. The Morgan fingerprint density at radius 2 is 2.20 bits per heavy atom. The quantitative estimate of drug-likeness (QED) is 0.796. The van der Waals surface area contributed by atoms with Crippen LogP contribution in [0.2, 0.25) is 0 Å². The van der Waals surface area contributed by atoms with E-state index in [0.29, 0.717) is 12.1 Å². The zero-order valence-electron chi connectivity index (χ0n) is 8.81. The Hall–Kier alpha value is -1.35. The number of benzene rings is 1. The van der Waals surface area contributed by atoms with Gasteiger partial charge in [-0.1, -0.05) is 12.1 Å². The minimum Gasteiger partial charge on any atom is -0.356 e. The maximum Gasteiger partial charge on any atom is 0.147 e. The fourth-order valence-electron chi connectivity index (χ4n) is 1.97. The second-order valence-electron chi connectivity index (χ2n) is 3.78. The van der Waals surface area contributed by atoms with Crippen LogP contribution in [0.25, 0.3) is 10.9 Å². The highest BCUT2D eigenvalue weighted by Gasteiger charge is 2.10. The average Bonchev–Trinajstić information content (AvgIpc) is 2.54. The largest absolute Gasteiger partial charge is 0.356 e. The van der Waals surface area contributed by atoms with Crippen molar-refractivity contribution >= 4 is 10.9 Å². The number of nitrogens with two attached hydrogens (primary N) is 1. The molecule has 3 heteroatoms. The summed E-state index contributed by atoms with van der Waals surface area (Å²) in [4.78, 5) is 3.09. The van der Waals surface area contributed by atoms with Crippen molar-refractivity contribution in [1.29, 1.82) is 0 Å². The molecule has 0 unspecified atom stereocenters. The fourth-order valence-corrected chi connectivity index (χ4v) is 1.97. The van der Waals surface area contributed by atoms with Crippen molar-refractivity contribution in [2.45, 2.75) is 19.8 Å². The first-order chi connectivity index (χ1) is 7.24. The maximum absolute atomic E-state index is 13.4. The third-order valence-corrected chi connectivity index (χ3v) is 2.73. The van der Waals surface area contributed by atoms with Crippen molar-refractivity contribution in [3.63, 3.8) is 0 Å². The molecule has 0 amide bonds. The van der Waals surface area contributed by atoms with Crippen LogP contribution in [-0.2, 0) is 6.42 Å². The van der Waals surface area contributed by atoms with E-state index in [2.05, 4.69) is 4.98 Å². The van der Waals surface area contributed by atoms with E-state index in [1.54, 1.807) is 6.07 Å². The van der Waals surface area contributed by atoms with E-state index >= 15 is 0 Å². The normalized spacial score (nSPS) is 11.1. The molecule has 0 saturated carbocycles. The van der Waals surface area contributed by atoms with Gasteiger partial charge in [-0.05, 0) is 37.9 Å². The summed E-state index contributed by atoms with van der Waals surface area (Å²) < 4.78 is 13.4. The third-order valence-electron chi connectivity index (χ3n) is 2.73. The van der Waals surface area contributed by atoms with Crippen LogP contribution in [0.5, 0.6) is 0 Å². The van der Waals surface area contributed by atoms with Crippen LogP contribution in [0.3, 0.4) is 0 Å². The summed E-state index contributed by atoms with van der Waals surface area (Å²) in [6, 6.07) is 5.18. The van der Waals surface area contributed by atoms with Crippen LogP contribution in [-0.4, -0.2) is 11.5 Å². The molecule has 0 saturated heterocycles. The predicted octanol–water partition coefficient (Wildman–Crippen LogP) is 2.51.